The van der Waals surface area contributed by atoms with Crippen molar-refractivity contribution in [1.29, 1.82) is 0 Å². The standard InChI is InChI=1S/C34H66N2O5/c1-5-6-7-8-9-12-16-19-22-32(38)28-35(3)24-25-36(4)33(39)23-20-17-14-11-10-13-15-18-21-31(37)27-30-26-29(2)41-34(30)40/h26,29,31-33,37-39H,5-25,27-28H2,1-4H3/t29-,31+,32+,33+/m0/s1. The molecule has 7 heteroatoms. The van der Waals surface area contributed by atoms with Crippen LogP contribution in [0.3, 0.4) is 0 Å². The predicted molar refractivity (Wildman–Crippen MR) is 170 cm³/mol. The number of hydrogen-bond donors (Lipinski definition) is 3. The van der Waals surface area contributed by atoms with Gasteiger partial charge >= 0.3 is 5.97 Å². The first-order chi connectivity index (χ1) is 19.7. The Morgan fingerprint density at radius 2 is 1.22 bits per heavy atom. The Morgan fingerprint density at radius 3 is 1.73 bits per heavy atom. The Kier molecular flexibility index (Phi) is 22.7. The van der Waals surface area contributed by atoms with E-state index in [2.05, 4.69) is 18.9 Å². The molecule has 1 rings (SSSR count). The molecule has 0 radical (unpaired) electrons. The molecule has 0 spiro atoms. The molecule has 0 aliphatic carbocycles. The van der Waals surface area contributed by atoms with Crippen LogP contribution in [0.2, 0.25) is 0 Å². The molecule has 0 aromatic rings. The Labute approximate surface area is 252 Å². The first kappa shape index (κ1) is 38.0. The van der Waals surface area contributed by atoms with Crippen LogP contribution in [-0.4, -0.2) is 89.4 Å². The summed E-state index contributed by atoms with van der Waals surface area (Å²) >= 11 is 0. The Balaban J connectivity index is 1.93. The van der Waals surface area contributed by atoms with Gasteiger partial charge in [-0.05, 0) is 52.8 Å². The molecule has 0 aromatic heterocycles. The van der Waals surface area contributed by atoms with Crippen molar-refractivity contribution in [3.8, 4) is 0 Å². The van der Waals surface area contributed by atoms with Gasteiger partial charge in [0.05, 0.1) is 12.2 Å². The molecule has 0 fully saturated rings. The zero-order chi connectivity index (χ0) is 30.3. The molecule has 0 aromatic carbocycles. The molecule has 4 atom stereocenters. The topological polar surface area (TPSA) is 93.5 Å². The zero-order valence-corrected chi connectivity index (χ0v) is 27.2. The summed E-state index contributed by atoms with van der Waals surface area (Å²) in [4.78, 5) is 15.9. The third kappa shape index (κ3) is 20.5. The fourth-order valence-corrected chi connectivity index (χ4v) is 5.66. The summed E-state index contributed by atoms with van der Waals surface area (Å²) < 4.78 is 5.08. The van der Waals surface area contributed by atoms with Crippen LogP contribution in [0.25, 0.3) is 0 Å². The number of carbonyl (C=O) groups is 1. The van der Waals surface area contributed by atoms with Crippen LogP contribution < -0.4 is 0 Å². The normalized spacial score (nSPS) is 17.7. The maximum atomic E-state index is 11.6. The van der Waals surface area contributed by atoms with Gasteiger partial charge in [0.1, 0.15) is 12.3 Å². The number of esters is 1. The number of likely N-dealkylation sites (N-methyl/N-ethyl adjacent to an activating group) is 2. The number of aliphatic hydroxyl groups excluding tert-OH is 3. The highest BCUT2D eigenvalue weighted by atomic mass is 16.5. The number of nitrogens with zero attached hydrogens (tertiary/aromatic N) is 2. The maximum absolute atomic E-state index is 11.6. The number of unbranched alkanes of at least 4 members (excludes halogenated alkanes) is 14. The minimum absolute atomic E-state index is 0.166. The molecule has 0 bridgehead atoms. The Hall–Kier alpha value is -0.990. The van der Waals surface area contributed by atoms with Crippen LogP contribution in [-0.2, 0) is 9.53 Å². The fourth-order valence-electron chi connectivity index (χ4n) is 5.66. The number of aliphatic hydroxyl groups is 3. The molecule has 1 aliphatic heterocycles. The second kappa shape index (κ2) is 24.5. The highest BCUT2D eigenvalue weighted by Gasteiger charge is 2.24. The molecule has 3 N–H and O–H groups in total. The van der Waals surface area contributed by atoms with Crippen LogP contribution in [0.15, 0.2) is 11.6 Å². The van der Waals surface area contributed by atoms with Crippen LogP contribution >= 0.6 is 0 Å². The highest BCUT2D eigenvalue weighted by Crippen LogP contribution is 2.21. The minimum atomic E-state index is -0.458. The maximum Gasteiger partial charge on any atom is 0.334 e. The van der Waals surface area contributed by atoms with E-state index in [-0.39, 0.29) is 18.2 Å². The zero-order valence-electron chi connectivity index (χ0n) is 27.2. The molecule has 1 heterocycles. The summed E-state index contributed by atoms with van der Waals surface area (Å²) in [6, 6.07) is 0. The molecule has 1 aliphatic rings. The minimum Gasteiger partial charge on any atom is -0.455 e. The smallest absolute Gasteiger partial charge is 0.334 e. The van der Waals surface area contributed by atoms with Gasteiger partial charge < -0.3 is 25.0 Å². The van der Waals surface area contributed by atoms with Crippen molar-refractivity contribution in [1.82, 2.24) is 9.80 Å². The van der Waals surface area contributed by atoms with E-state index < -0.39 is 12.3 Å². The Bertz CT molecular complexity index is 674. The molecular weight excluding hydrogens is 516 g/mol. The van der Waals surface area contributed by atoms with Crippen molar-refractivity contribution in [3.63, 3.8) is 0 Å². The molecule has 242 valence electrons. The van der Waals surface area contributed by atoms with E-state index in [4.69, 9.17) is 4.74 Å². The molecular formula is C34H66N2O5. The lowest BCUT2D eigenvalue weighted by Crippen LogP contribution is -2.39. The number of cyclic esters (lactones) is 1. The van der Waals surface area contributed by atoms with E-state index in [1.165, 1.54) is 70.6 Å². The third-order valence-electron chi connectivity index (χ3n) is 8.45. The van der Waals surface area contributed by atoms with Crippen LogP contribution in [0.5, 0.6) is 0 Å². The van der Waals surface area contributed by atoms with Crippen molar-refractivity contribution in [2.75, 3.05) is 33.7 Å². The van der Waals surface area contributed by atoms with Crippen LogP contribution in [0.1, 0.15) is 142 Å². The van der Waals surface area contributed by atoms with Crippen molar-refractivity contribution in [3.05, 3.63) is 11.6 Å². The van der Waals surface area contributed by atoms with Gasteiger partial charge in [0, 0.05) is 31.6 Å². The van der Waals surface area contributed by atoms with Crippen LogP contribution in [0, 0.1) is 0 Å². The van der Waals surface area contributed by atoms with Crippen LogP contribution in [0.4, 0.5) is 0 Å². The van der Waals surface area contributed by atoms with Gasteiger partial charge in [0.15, 0.2) is 0 Å². The Morgan fingerprint density at radius 1 is 0.732 bits per heavy atom. The van der Waals surface area contributed by atoms with Crippen molar-refractivity contribution in [2.24, 2.45) is 0 Å². The molecule has 0 saturated heterocycles. The van der Waals surface area contributed by atoms with Crippen molar-refractivity contribution < 1.29 is 24.9 Å². The average Bonchev–Trinajstić information content (AvgIpc) is 3.25. The fraction of sp³-hybridized carbons (Fsp3) is 0.912. The lowest BCUT2D eigenvalue weighted by molar-refractivity contribution is -0.139. The lowest BCUT2D eigenvalue weighted by Gasteiger charge is -2.27. The number of rotatable bonds is 28. The van der Waals surface area contributed by atoms with Gasteiger partial charge in [-0.1, -0.05) is 103 Å². The van der Waals surface area contributed by atoms with Gasteiger partial charge in [0.2, 0.25) is 0 Å². The summed E-state index contributed by atoms with van der Waals surface area (Å²) in [6.07, 6.45) is 22.8. The summed E-state index contributed by atoms with van der Waals surface area (Å²) in [5, 5.41) is 31.1. The van der Waals surface area contributed by atoms with E-state index in [1.807, 2.05) is 24.9 Å². The number of hydrogen-bond acceptors (Lipinski definition) is 7. The molecule has 0 saturated carbocycles. The highest BCUT2D eigenvalue weighted by molar-refractivity contribution is 5.90. The van der Waals surface area contributed by atoms with E-state index in [0.717, 1.165) is 64.5 Å². The molecule has 0 unspecified atom stereocenters. The van der Waals surface area contributed by atoms with E-state index in [1.54, 1.807) is 0 Å². The monoisotopic (exact) mass is 582 g/mol. The summed E-state index contributed by atoms with van der Waals surface area (Å²) in [6.45, 7) is 6.45. The van der Waals surface area contributed by atoms with Gasteiger partial charge in [0.25, 0.3) is 0 Å². The second-order valence-corrected chi connectivity index (χ2v) is 12.7. The molecule has 0 amide bonds. The first-order valence-corrected chi connectivity index (χ1v) is 17.1. The number of ether oxygens (including phenoxy) is 1. The van der Waals surface area contributed by atoms with Gasteiger partial charge in [-0.25, -0.2) is 4.79 Å². The van der Waals surface area contributed by atoms with Gasteiger partial charge in [-0.2, -0.15) is 0 Å². The summed E-state index contributed by atoms with van der Waals surface area (Å²) in [5.74, 6) is -0.279. The summed E-state index contributed by atoms with van der Waals surface area (Å²) in [7, 11) is 4.05. The van der Waals surface area contributed by atoms with E-state index in [0.29, 0.717) is 18.5 Å². The average molecular weight is 583 g/mol. The summed E-state index contributed by atoms with van der Waals surface area (Å²) in [5.41, 5.74) is 0.619. The van der Waals surface area contributed by atoms with E-state index in [9.17, 15) is 20.1 Å². The van der Waals surface area contributed by atoms with Crippen molar-refractivity contribution in [2.45, 2.75) is 167 Å². The predicted octanol–water partition coefficient (Wildman–Crippen LogP) is 6.58. The SMILES string of the molecule is CCCCCCCCCC[C@@H](O)CN(C)CCN(C)[C@H](O)CCCCCCCCCC[C@@H](O)CC1=C[C@H](C)OC1=O. The van der Waals surface area contributed by atoms with Crippen molar-refractivity contribution >= 4 is 5.97 Å². The van der Waals surface area contributed by atoms with E-state index >= 15 is 0 Å². The van der Waals surface area contributed by atoms with Gasteiger partial charge in [-0.15, -0.1) is 0 Å². The third-order valence-corrected chi connectivity index (χ3v) is 8.45. The quantitative estimate of drug-likeness (QED) is 0.0545. The second-order valence-electron chi connectivity index (χ2n) is 12.7. The lowest BCUT2D eigenvalue weighted by atomic mass is 10.0. The largest absolute Gasteiger partial charge is 0.455 e. The van der Waals surface area contributed by atoms with Gasteiger partial charge in [-0.3, -0.25) is 4.90 Å². The molecule has 7 nitrogen and oxygen atoms in total. The molecule has 41 heavy (non-hydrogen) atoms. The first-order valence-electron chi connectivity index (χ1n) is 17.1. The number of carbonyl (C=O) groups excluding carboxylic acids is 1.